The number of rotatable bonds is 12. The van der Waals surface area contributed by atoms with E-state index >= 15 is 0 Å². The van der Waals surface area contributed by atoms with Crippen LogP contribution >= 0.6 is 11.6 Å². The Morgan fingerprint density at radius 3 is 2.17 bits per heavy atom. The zero-order valence-corrected chi connectivity index (χ0v) is 25.0. The molecule has 10 heteroatoms. The van der Waals surface area contributed by atoms with E-state index in [0.29, 0.717) is 5.75 Å². The maximum Gasteiger partial charge on any atom is 0.244 e. The molecule has 214 valence electrons. The van der Waals surface area contributed by atoms with Crippen LogP contribution in [-0.4, -0.2) is 57.1 Å². The fraction of sp³-hybridized carbons (Fsp3) is 0.333. The maximum atomic E-state index is 14.1. The molecule has 0 aliphatic rings. The first-order valence-corrected chi connectivity index (χ1v) is 15.1. The van der Waals surface area contributed by atoms with Gasteiger partial charge in [0.25, 0.3) is 0 Å². The molecule has 3 rings (SSSR count). The maximum absolute atomic E-state index is 14.1. The van der Waals surface area contributed by atoms with Gasteiger partial charge in [0.15, 0.2) is 0 Å². The summed E-state index contributed by atoms with van der Waals surface area (Å²) >= 11 is 6.28. The lowest BCUT2D eigenvalue weighted by atomic mass is 10.0. The third-order valence-electron chi connectivity index (χ3n) is 6.28. The van der Waals surface area contributed by atoms with Gasteiger partial charge in [-0.05, 0) is 50.1 Å². The predicted octanol–water partition coefficient (Wildman–Crippen LogP) is 4.59. The van der Waals surface area contributed by atoms with Crippen LogP contribution in [0.2, 0.25) is 5.02 Å². The highest BCUT2D eigenvalue weighted by molar-refractivity contribution is 7.92. The van der Waals surface area contributed by atoms with E-state index in [1.807, 2.05) is 75.4 Å². The number of carbonyl (C=O) groups excluding carboxylic acids is 2. The van der Waals surface area contributed by atoms with Crippen LogP contribution in [0.25, 0.3) is 0 Å². The van der Waals surface area contributed by atoms with Gasteiger partial charge in [0.1, 0.15) is 18.3 Å². The van der Waals surface area contributed by atoms with Gasteiger partial charge in [0.2, 0.25) is 21.8 Å². The van der Waals surface area contributed by atoms with Crippen LogP contribution in [0.5, 0.6) is 5.75 Å². The summed E-state index contributed by atoms with van der Waals surface area (Å²) in [6, 6.07) is 20.5. The summed E-state index contributed by atoms with van der Waals surface area (Å²) in [6.07, 6.45) is 1.28. The minimum absolute atomic E-state index is 0.114. The van der Waals surface area contributed by atoms with Gasteiger partial charge < -0.3 is 15.0 Å². The van der Waals surface area contributed by atoms with Crippen molar-refractivity contribution in [1.29, 1.82) is 0 Å². The van der Waals surface area contributed by atoms with Crippen LogP contribution in [0.15, 0.2) is 72.8 Å². The van der Waals surface area contributed by atoms with E-state index in [0.717, 1.165) is 27.3 Å². The Balaban J connectivity index is 2.06. The lowest BCUT2D eigenvalue weighted by Crippen LogP contribution is -2.54. The van der Waals surface area contributed by atoms with Gasteiger partial charge in [0.05, 0.1) is 24.1 Å². The molecule has 0 saturated carbocycles. The van der Waals surface area contributed by atoms with E-state index in [-0.39, 0.29) is 35.6 Å². The highest BCUT2D eigenvalue weighted by atomic mass is 35.5. The summed E-state index contributed by atoms with van der Waals surface area (Å²) in [4.78, 5) is 29.1. The van der Waals surface area contributed by atoms with Crippen LogP contribution in [0.4, 0.5) is 5.69 Å². The van der Waals surface area contributed by atoms with Crippen LogP contribution in [0.1, 0.15) is 30.5 Å². The molecule has 1 atom stereocenters. The van der Waals surface area contributed by atoms with E-state index in [4.69, 9.17) is 16.3 Å². The van der Waals surface area contributed by atoms with Crippen molar-refractivity contribution in [2.45, 2.75) is 45.8 Å². The van der Waals surface area contributed by atoms with E-state index in [2.05, 4.69) is 5.32 Å². The average molecular weight is 586 g/mol. The molecule has 0 unspecified atom stereocenters. The van der Waals surface area contributed by atoms with Gasteiger partial charge in [-0.25, -0.2) is 8.42 Å². The quantitative estimate of drug-likeness (QED) is 0.335. The monoisotopic (exact) mass is 585 g/mol. The van der Waals surface area contributed by atoms with Crippen molar-refractivity contribution in [3.63, 3.8) is 0 Å². The van der Waals surface area contributed by atoms with Crippen molar-refractivity contribution in [2.75, 3.05) is 24.2 Å². The van der Waals surface area contributed by atoms with E-state index in [9.17, 15) is 18.0 Å². The standard InChI is InChI=1S/C30H36ClN3O5S/c1-21(2)32-30(36)27(17-23-9-7-6-8-10-23)33(19-24-13-11-22(3)12-14-24)29(35)20-34(40(5,37)38)25-15-16-28(39-4)26(31)18-25/h6-16,18,21,27H,17,19-20H2,1-5H3,(H,32,36)/t27-/m1/s1. The van der Waals surface area contributed by atoms with Gasteiger partial charge >= 0.3 is 0 Å². The SMILES string of the molecule is COc1ccc(N(CC(=O)N(Cc2ccc(C)cc2)[C@H](Cc2ccccc2)C(=O)NC(C)C)S(C)(=O)=O)cc1Cl. The Morgan fingerprint density at radius 1 is 0.975 bits per heavy atom. The molecule has 8 nitrogen and oxygen atoms in total. The smallest absolute Gasteiger partial charge is 0.244 e. The van der Waals surface area contributed by atoms with Crippen molar-refractivity contribution in [2.24, 2.45) is 0 Å². The molecule has 0 aromatic heterocycles. The second kappa shape index (κ2) is 13.7. The molecular formula is C30H36ClN3O5S. The second-order valence-electron chi connectivity index (χ2n) is 9.96. The summed E-state index contributed by atoms with van der Waals surface area (Å²) in [5, 5.41) is 3.14. The number of ether oxygens (including phenoxy) is 1. The molecule has 0 heterocycles. The largest absolute Gasteiger partial charge is 0.495 e. The number of nitrogens with one attached hydrogen (secondary N) is 1. The second-order valence-corrected chi connectivity index (χ2v) is 12.3. The minimum Gasteiger partial charge on any atom is -0.495 e. The number of halogens is 1. The predicted molar refractivity (Wildman–Crippen MR) is 159 cm³/mol. The van der Waals surface area contributed by atoms with Crippen molar-refractivity contribution >= 4 is 39.1 Å². The highest BCUT2D eigenvalue weighted by Crippen LogP contribution is 2.30. The molecule has 0 radical (unpaired) electrons. The van der Waals surface area contributed by atoms with E-state index < -0.39 is 28.5 Å². The van der Waals surface area contributed by atoms with Gasteiger partial charge in [0, 0.05) is 19.0 Å². The van der Waals surface area contributed by atoms with Gasteiger partial charge in [-0.2, -0.15) is 0 Å². The zero-order valence-electron chi connectivity index (χ0n) is 23.4. The Kier molecular flexibility index (Phi) is 10.6. The zero-order chi connectivity index (χ0) is 29.4. The summed E-state index contributed by atoms with van der Waals surface area (Å²) in [7, 11) is -2.44. The molecule has 0 aliphatic carbocycles. The summed E-state index contributed by atoms with van der Waals surface area (Å²) in [5.74, 6) is -0.477. The van der Waals surface area contributed by atoms with E-state index in [1.165, 1.54) is 24.1 Å². The molecule has 1 N–H and O–H groups in total. The number of sulfonamides is 1. The molecular weight excluding hydrogens is 550 g/mol. The number of nitrogens with zero attached hydrogens (tertiary/aromatic N) is 2. The average Bonchev–Trinajstić information content (AvgIpc) is 2.89. The Morgan fingerprint density at radius 2 is 1.62 bits per heavy atom. The molecule has 3 aromatic rings. The third kappa shape index (κ3) is 8.47. The Bertz CT molecular complexity index is 1410. The third-order valence-corrected chi connectivity index (χ3v) is 7.71. The molecule has 40 heavy (non-hydrogen) atoms. The van der Waals surface area contributed by atoms with Crippen molar-refractivity contribution < 1.29 is 22.7 Å². The lowest BCUT2D eigenvalue weighted by molar-refractivity contribution is -0.140. The van der Waals surface area contributed by atoms with Gasteiger partial charge in [-0.3, -0.25) is 13.9 Å². The molecule has 0 aliphatic heterocycles. The molecule has 3 aromatic carbocycles. The number of benzene rings is 3. The van der Waals surface area contributed by atoms with Crippen LogP contribution < -0.4 is 14.4 Å². The number of hydrogen-bond donors (Lipinski definition) is 1. The van der Waals surface area contributed by atoms with Gasteiger partial charge in [-0.15, -0.1) is 0 Å². The molecule has 0 fully saturated rings. The molecule has 0 saturated heterocycles. The number of amides is 2. The number of anilines is 1. The van der Waals surface area contributed by atoms with Crippen LogP contribution in [-0.2, 0) is 32.6 Å². The van der Waals surface area contributed by atoms with Crippen molar-refractivity contribution in [1.82, 2.24) is 10.2 Å². The summed E-state index contributed by atoms with van der Waals surface area (Å²) < 4.78 is 32.0. The number of hydrogen-bond acceptors (Lipinski definition) is 5. The first kappa shape index (κ1) is 31.0. The minimum atomic E-state index is -3.90. The van der Waals surface area contributed by atoms with Crippen LogP contribution in [0.3, 0.4) is 0 Å². The summed E-state index contributed by atoms with van der Waals surface area (Å²) in [5.41, 5.74) is 2.95. The fourth-order valence-electron chi connectivity index (χ4n) is 4.25. The molecule has 2 amide bonds. The summed E-state index contributed by atoms with van der Waals surface area (Å²) in [6.45, 7) is 5.26. The first-order chi connectivity index (χ1) is 18.9. The van der Waals surface area contributed by atoms with Crippen LogP contribution in [0, 0.1) is 6.92 Å². The molecule has 0 bridgehead atoms. The number of carbonyl (C=O) groups is 2. The highest BCUT2D eigenvalue weighted by Gasteiger charge is 2.33. The number of aryl methyl sites for hydroxylation is 1. The van der Waals surface area contributed by atoms with Crippen molar-refractivity contribution in [3.05, 3.63) is 94.5 Å². The topological polar surface area (TPSA) is 96.0 Å². The molecule has 0 spiro atoms. The lowest BCUT2D eigenvalue weighted by Gasteiger charge is -2.34. The normalized spacial score (nSPS) is 12.1. The Labute approximate surface area is 241 Å². The fourth-order valence-corrected chi connectivity index (χ4v) is 5.34. The van der Waals surface area contributed by atoms with Gasteiger partial charge in [-0.1, -0.05) is 71.8 Å². The Hall–Kier alpha value is -3.56. The van der Waals surface area contributed by atoms with Crippen molar-refractivity contribution in [3.8, 4) is 5.75 Å². The number of methoxy groups -OCH3 is 1. The first-order valence-electron chi connectivity index (χ1n) is 12.9. The van der Waals surface area contributed by atoms with E-state index in [1.54, 1.807) is 6.07 Å².